The predicted octanol–water partition coefficient (Wildman–Crippen LogP) is 1.33. The first-order chi connectivity index (χ1) is 10.2. The monoisotopic (exact) mass is 310 g/mol. The number of benzene rings is 1. The smallest absolute Gasteiger partial charge is 0.305 e. The van der Waals surface area contributed by atoms with Crippen molar-refractivity contribution in [3.8, 4) is 11.5 Å². The number of nitrogens with one attached hydrogen (secondary N) is 2. The highest BCUT2D eigenvalue weighted by Crippen LogP contribution is 2.32. The maximum absolute atomic E-state index is 10.9. The van der Waals surface area contributed by atoms with Crippen LogP contribution < -0.4 is 20.1 Å². The summed E-state index contributed by atoms with van der Waals surface area (Å²) in [4.78, 5) is 10.9. The number of ether oxygens (including phenoxy) is 3. The Morgan fingerprint density at radius 2 is 2.14 bits per heavy atom. The molecule has 0 aromatic heterocycles. The molecule has 0 aliphatic carbocycles. The summed E-state index contributed by atoms with van der Waals surface area (Å²) >= 11 is 5.17. The van der Waals surface area contributed by atoms with E-state index in [9.17, 15) is 4.79 Å². The first-order valence-electron chi connectivity index (χ1n) is 6.66. The van der Waals surface area contributed by atoms with Gasteiger partial charge in [-0.25, -0.2) is 0 Å². The fourth-order valence-electron chi connectivity index (χ4n) is 1.83. The van der Waals surface area contributed by atoms with Crippen LogP contribution in [0.2, 0.25) is 0 Å². The maximum Gasteiger partial charge on any atom is 0.305 e. The van der Waals surface area contributed by atoms with E-state index in [0.29, 0.717) is 31.0 Å². The van der Waals surface area contributed by atoms with Gasteiger partial charge in [-0.3, -0.25) is 4.79 Å². The zero-order valence-electron chi connectivity index (χ0n) is 11.8. The molecule has 2 N–H and O–H groups in total. The number of methoxy groups -OCH3 is 1. The Kier molecular flexibility index (Phi) is 5.62. The lowest BCUT2D eigenvalue weighted by atomic mass is 10.2. The standard InChI is InChI=1S/C14H18N2O4S/c1-18-13(17)3-2-6-15-14(21)16-8-10-4-5-11-12(7-10)20-9-19-11/h4-5,7H,2-3,6,8-9H2,1H3,(H2,15,16,21). The molecule has 1 aliphatic rings. The third kappa shape index (κ3) is 4.78. The second kappa shape index (κ2) is 7.68. The van der Waals surface area contributed by atoms with Crippen molar-refractivity contribution in [2.75, 3.05) is 20.4 Å². The molecule has 0 atom stereocenters. The number of carbonyl (C=O) groups is 1. The van der Waals surface area contributed by atoms with Crippen LogP contribution in [0.15, 0.2) is 18.2 Å². The topological polar surface area (TPSA) is 68.8 Å². The number of rotatable bonds is 6. The van der Waals surface area contributed by atoms with Gasteiger partial charge in [0.05, 0.1) is 7.11 Å². The lowest BCUT2D eigenvalue weighted by Gasteiger charge is -2.10. The van der Waals surface area contributed by atoms with Crippen LogP contribution in [-0.2, 0) is 16.1 Å². The first kappa shape index (κ1) is 15.4. The molecular formula is C14H18N2O4S. The van der Waals surface area contributed by atoms with Crippen molar-refractivity contribution in [2.24, 2.45) is 0 Å². The molecule has 1 aromatic carbocycles. The second-order valence-corrected chi connectivity index (χ2v) is 4.89. The maximum atomic E-state index is 10.9. The fraction of sp³-hybridized carbons (Fsp3) is 0.429. The molecule has 1 heterocycles. The van der Waals surface area contributed by atoms with Gasteiger partial charge in [-0.1, -0.05) is 6.07 Å². The first-order valence-corrected chi connectivity index (χ1v) is 7.07. The van der Waals surface area contributed by atoms with Crippen molar-refractivity contribution >= 4 is 23.3 Å². The van der Waals surface area contributed by atoms with E-state index in [1.807, 2.05) is 18.2 Å². The van der Waals surface area contributed by atoms with Crippen molar-refractivity contribution in [3.63, 3.8) is 0 Å². The average Bonchev–Trinajstić information content (AvgIpc) is 2.96. The molecule has 0 radical (unpaired) electrons. The molecule has 0 fully saturated rings. The van der Waals surface area contributed by atoms with Crippen LogP contribution in [0.25, 0.3) is 0 Å². The molecule has 114 valence electrons. The zero-order chi connectivity index (χ0) is 15.1. The molecule has 21 heavy (non-hydrogen) atoms. The zero-order valence-corrected chi connectivity index (χ0v) is 12.6. The van der Waals surface area contributed by atoms with Gasteiger partial charge in [-0.15, -0.1) is 0 Å². The van der Waals surface area contributed by atoms with Crippen molar-refractivity contribution in [1.29, 1.82) is 0 Å². The highest BCUT2D eigenvalue weighted by molar-refractivity contribution is 7.80. The summed E-state index contributed by atoms with van der Waals surface area (Å²) in [5, 5.41) is 6.69. The van der Waals surface area contributed by atoms with Crippen LogP contribution in [0, 0.1) is 0 Å². The van der Waals surface area contributed by atoms with Crippen LogP contribution >= 0.6 is 12.2 Å². The molecule has 0 saturated heterocycles. The van der Waals surface area contributed by atoms with Crippen molar-refractivity contribution in [3.05, 3.63) is 23.8 Å². The lowest BCUT2D eigenvalue weighted by molar-refractivity contribution is -0.140. The summed E-state index contributed by atoms with van der Waals surface area (Å²) in [7, 11) is 1.38. The Morgan fingerprint density at radius 3 is 2.95 bits per heavy atom. The van der Waals surface area contributed by atoms with E-state index in [2.05, 4.69) is 15.4 Å². The molecule has 0 unspecified atom stereocenters. The van der Waals surface area contributed by atoms with Gasteiger partial charge < -0.3 is 24.8 Å². The lowest BCUT2D eigenvalue weighted by Crippen LogP contribution is -2.35. The van der Waals surface area contributed by atoms with Gasteiger partial charge in [0, 0.05) is 19.5 Å². The van der Waals surface area contributed by atoms with Gasteiger partial charge >= 0.3 is 5.97 Å². The average molecular weight is 310 g/mol. The molecule has 0 saturated carbocycles. The van der Waals surface area contributed by atoms with Crippen molar-refractivity contribution in [2.45, 2.75) is 19.4 Å². The van der Waals surface area contributed by atoms with Crippen molar-refractivity contribution < 1.29 is 19.0 Å². The van der Waals surface area contributed by atoms with Crippen molar-refractivity contribution in [1.82, 2.24) is 10.6 Å². The summed E-state index contributed by atoms with van der Waals surface area (Å²) in [5.74, 6) is 1.31. The van der Waals surface area contributed by atoms with Gasteiger partial charge in [0.25, 0.3) is 0 Å². The molecule has 0 amide bonds. The Bertz CT molecular complexity index is 522. The van der Waals surface area contributed by atoms with Crippen LogP contribution in [0.4, 0.5) is 0 Å². The van der Waals surface area contributed by atoms with Crippen LogP contribution in [0.5, 0.6) is 11.5 Å². The van der Waals surface area contributed by atoms with E-state index in [4.69, 9.17) is 21.7 Å². The Hall–Kier alpha value is -2.02. The van der Waals surface area contributed by atoms with Gasteiger partial charge in [-0.2, -0.15) is 0 Å². The third-order valence-electron chi connectivity index (χ3n) is 2.96. The predicted molar refractivity (Wildman–Crippen MR) is 81.3 cm³/mol. The molecule has 2 rings (SSSR count). The molecule has 6 nitrogen and oxygen atoms in total. The number of carbonyl (C=O) groups excluding carboxylic acids is 1. The summed E-state index contributed by atoms with van der Waals surface area (Å²) in [6, 6.07) is 5.77. The normalized spacial score (nSPS) is 11.9. The minimum Gasteiger partial charge on any atom is -0.469 e. The van der Waals surface area contributed by atoms with E-state index < -0.39 is 0 Å². The van der Waals surface area contributed by atoms with E-state index in [1.165, 1.54) is 7.11 Å². The molecule has 0 bridgehead atoms. The van der Waals surface area contributed by atoms with E-state index in [0.717, 1.165) is 17.1 Å². The Morgan fingerprint density at radius 1 is 1.33 bits per heavy atom. The van der Waals surface area contributed by atoms with Crippen LogP contribution in [-0.4, -0.2) is 31.5 Å². The minimum absolute atomic E-state index is 0.212. The molecule has 7 heteroatoms. The van der Waals surface area contributed by atoms with Gasteiger partial charge in [0.15, 0.2) is 16.6 Å². The highest BCUT2D eigenvalue weighted by atomic mass is 32.1. The fourth-order valence-corrected chi connectivity index (χ4v) is 2.01. The van der Waals surface area contributed by atoms with Gasteiger partial charge in [0.1, 0.15) is 0 Å². The molecule has 0 spiro atoms. The van der Waals surface area contributed by atoms with Gasteiger partial charge in [-0.05, 0) is 36.3 Å². The third-order valence-corrected chi connectivity index (χ3v) is 3.25. The number of hydrogen-bond acceptors (Lipinski definition) is 5. The van der Waals surface area contributed by atoms with Crippen LogP contribution in [0.1, 0.15) is 18.4 Å². The molecule has 1 aliphatic heterocycles. The summed E-state index contributed by atoms with van der Waals surface area (Å²) < 4.78 is 15.1. The Balaban J connectivity index is 1.66. The Labute approximate surface area is 128 Å². The number of esters is 1. The SMILES string of the molecule is COC(=O)CCCNC(=S)NCc1ccc2c(c1)OCO2. The molecule has 1 aromatic rings. The number of hydrogen-bond donors (Lipinski definition) is 2. The summed E-state index contributed by atoms with van der Waals surface area (Å²) in [6.45, 7) is 1.49. The number of fused-ring (bicyclic) bond motifs is 1. The summed E-state index contributed by atoms with van der Waals surface area (Å²) in [5.41, 5.74) is 1.05. The summed E-state index contributed by atoms with van der Waals surface area (Å²) in [6.07, 6.45) is 1.06. The van der Waals surface area contributed by atoms with E-state index >= 15 is 0 Å². The second-order valence-electron chi connectivity index (χ2n) is 4.48. The minimum atomic E-state index is -0.212. The quantitative estimate of drug-likeness (QED) is 0.467. The van der Waals surface area contributed by atoms with E-state index in [1.54, 1.807) is 0 Å². The highest BCUT2D eigenvalue weighted by Gasteiger charge is 2.12. The van der Waals surface area contributed by atoms with Crippen LogP contribution in [0.3, 0.4) is 0 Å². The largest absolute Gasteiger partial charge is 0.469 e. The van der Waals surface area contributed by atoms with Gasteiger partial charge in [0.2, 0.25) is 6.79 Å². The number of thiocarbonyl (C=S) groups is 1. The molecular weight excluding hydrogens is 292 g/mol. The van der Waals surface area contributed by atoms with E-state index in [-0.39, 0.29) is 12.8 Å².